The van der Waals surface area contributed by atoms with Crippen LogP contribution < -0.4 is 5.56 Å². The molecule has 2 saturated heterocycles. The molecular weight excluding hydrogens is 348 g/mol. The summed E-state index contributed by atoms with van der Waals surface area (Å²) < 4.78 is 5.09. The summed E-state index contributed by atoms with van der Waals surface area (Å²) in [7, 11) is 1.61. The Hall–Kier alpha value is -2.66. The van der Waals surface area contributed by atoms with Gasteiger partial charge in [0.05, 0.1) is 17.6 Å². The third-order valence-corrected chi connectivity index (χ3v) is 5.62. The fraction of sp³-hybridized carbons (Fsp3) is 0.579. The normalized spacial score (nSPS) is 22.3. The van der Waals surface area contributed by atoms with Gasteiger partial charge in [-0.05, 0) is 32.3 Å². The van der Waals surface area contributed by atoms with Gasteiger partial charge in [0.15, 0.2) is 0 Å². The highest BCUT2D eigenvalue weighted by Gasteiger charge is 2.49. The summed E-state index contributed by atoms with van der Waals surface area (Å²) in [6.45, 7) is 4.29. The fourth-order valence-corrected chi connectivity index (χ4v) is 4.09. The van der Waals surface area contributed by atoms with Gasteiger partial charge < -0.3 is 19.5 Å². The van der Waals surface area contributed by atoms with E-state index in [2.05, 4.69) is 4.98 Å². The van der Waals surface area contributed by atoms with Crippen molar-refractivity contribution in [2.75, 3.05) is 39.9 Å². The van der Waals surface area contributed by atoms with Gasteiger partial charge in [-0.3, -0.25) is 14.4 Å². The van der Waals surface area contributed by atoms with Crippen molar-refractivity contribution in [3.63, 3.8) is 0 Å². The molecule has 0 radical (unpaired) electrons. The minimum atomic E-state index is -0.532. The van der Waals surface area contributed by atoms with Gasteiger partial charge in [0, 0.05) is 39.0 Å². The number of amides is 2. The molecule has 0 aromatic carbocycles. The number of aromatic nitrogens is 1. The Morgan fingerprint density at radius 1 is 1.37 bits per heavy atom. The largest absolute Gasteiger partial charge is 0.383 e. The zero-order valence-corrected chi connectivity index (χ0v) is 15.7. The van der Waals surface area contributed by atoms with Crippen LogP contribution in [-0.4, -0.2) is 66.5 Å². The lowest BCUT2D eigenvalue weighted by molar-refractivity contribution is -0.146. The number of hydrogen-bond donors (Lipinski definition) is 1. The van der Waals surface area contributed by atoms with E-state index in [1.54, 1.807) is 18.9 Å². The van der Waals surface area contributed by atoms with Crippen molar-refractivity contribution in [3.05, 3.63) is 33.2 Å². The molecule has 1 aromatic heterocycles. The summed E-state index contributed by atoms with van der Waals surface area (Å²) in [5, 5.41) is 9.06. The van der Waals surface area contributed by atoms with Crippen molar-refractivity contribution in [1.82, 2.24) is 14.8 Å². The number of piperidine rings is 1. The molecule has 0 unspecified atom stereocenters. The van der Waals surface area contributed by atoms with Gasteiger partial charge in [-0.25, -0.2) is 0 Å². The molecule has 8 nitrogen and oxygen atoms in total. The molecule has 1 aromatic rings. The predicted molar refractivity (Wildman–Crippen MR) is 97.2 cm³/mol. The number of aryl methyl sites for hydroxylation is 1. The Balaban J connectivity index is 1.80. The van der Waals surface area contributed by atoms with Crippen LogP contribution in [0.5, 0.6) is 0 Å². The first-order chi connectivity index (χ1) is 12.9. The Kier molecular flexibility index (Phi) is 5.33. The number of hydrogen-bond acceptors (Lipinski definition) is 5. The van der Waals surface area contributed by atoms with Crippen molar-refractivity contribution < 1.29 is 14.3 Å². The van der Waals surface area contributed by atoms with E-state index in [1.165, 1.54) is 6.07 Å². The zero-order chi connectivity index (χ0) is 19.6. The van der Waals surface area contributed by atoms with Crippen LogP contribution in [0.3, 0.4) is 0 Å². The summed E-state index contributed by atoms with van der Waals surface area (Å²) in [5.74, 6) is -0.157. The van der Waals surface area contributed by atoms with Crippen molar-refractivity contribution in [2.45, 2.75) is 26.2 Å². The van der Waals surface area contributed by atoms with E-state index in [0.29, 0.717) is 43.9 Å². The van der Waals surface area contributed by atoms with Crippen LogP contribution in [-0.2, 0) is 9.53 Å². The van der Waals surface area contributed by atoms with Crippen LogP contribution in [0.2, 0.25) is 0 Å². The number of nitriles is 1. The van der Waals surface area contributed by atoms with E-state index >= 15 is 0 Å². The minimum absolute atomic E-state index is 0.0858. The molecule has 2 aliphatic rings. The smallest absolute Gasteiger partial charge is 0.266 e. The Bertz CT molecular complexity index is 856. The molecule has 2 amide bonds. The fourth-order valence-electron chi connectivity index (χ4n) is 4.09. The minimum Gasteiger partial charge on any atom is -0.383 e. The Morgan fingerprint density at radius 2 is 2.15 bits per heavy atom. The van der Waals surface area contributed by atoms with Crippen LogP contribution in [0.4, 0.5) is 0 Å². The molecule has 0 bridgehead atoms. The zero-order valence-electron chi connectivity index (χ0n) is 15.7. The molecule has 2 aliphatic heterocycles. The monoisotopic (exact) mass is 372 g/mol. The number of carbonyl (C=O) groups excluding carboxylic acids is 2. The number of rotatable bonds is 4. The van der Waals surface area contributed by atoms with Crippen molar-refractivity contribution in [3.8, 4) is 6.07 Å². The molecule has 1 N–H and O–H groups in total. The number of carbonyl (C=O) groups is 2. The first-order valence-corrected chi connectivity index (χ1v) is 9.13. The summed E-state index contributed by atoms with van der Waals surface area (Å²) >= 11 is 0. The molecule has 0 saturated carbocycles. The van der Waals surface area contributed by atoms with Gasteiger partial charge in [-0.1, -0.05) is 0 Å². The number of ether oxygens (including phenoxy) is 1. The van der Waals surface area contributed by atoms with E-state index in [1.807, 2.05) is 11.0 Å². The van der Waals surface area contributed by atoms with Gasteiger partial charge in [0.2, 0.25) is 5.91 Å². The first kappa shape index (κ1) is 19.1. The van der Waals surface area contributed by atoms with Crippen LogP contribution in [0, 0.1) is 23.7 Å². The number of H-pyrrole nitrogens is 1. The predicted octanol–water partition coefficient (Wildman–Crippen LogP) is 0.656. The van der Waals surface area contributed by atoms with E-state index < -0.39 is 11.0 Å². The van der Waals surface area contributed by atoms with E-state index in [-0.39, 0.29) is 17.4 Å². The molecule has 3 rings (SSSR count). The van der Waals surface area contributed by atoms with E-state index in [4.69, 9.17) is 10.00 Å². The van der Waals surface area contributed by atoms with Crippen LogP contribution >= 0.6 is 0 Å². The second-order valence-electron chi connectivity index (χ2n) is 7.31. The standard InChI is InChI=1S/C19H24N4O4/c1-13-15(10-14(11-20)16(24)21-13)17(25)23-7-5-19(12-23)4-3-6-22(18(19)26)8-9-27-2/h10H,3-9,12H2,1-2H3,(H,21,24)/t19-/m0/s1. The molecule has 3 heterocycles. The third-order valence-electron chi connectivity index (χ3n) is 5.62. The van der Waals surface area contributed by atoms with Crippen molar-refractivity contribution in [1.29, 1.82) is 5.26 Å². The lowest BCUT2D eigenvalue weighted by Crippen LogP contribution is -2.51. The van der Waals surface area contributed by atoms with E-state index in [9.17, 15) is 14.4 Å². The lowest BCUT2D eigenvalue weighted by Gasteiger charge is -2.39. The Morgan fingerprint density at radius 3 is 2.85 bits per heavy atom. The molecule has 27 heavy (non-hydrogen) atoms. The molecule has 2 fully saturated rings. The number of methoxy groups -OCH3 is 1. The SMILES string of the molecule is COCCN1CCC[C@@]2(CCN(C(=O)c3cc(C#N)c(=O)[nH]c3C)C2)C1=O. The Labute approximate surface area is 157 Å². The summed E-state index contributed by atoms with van der Waals surface area (Å²) in [4.78, 5) is 43.8. The second-order valence-corrected chi connectivity index (χ2v) is 7.31. The van der Waals surface area contributed by atoms with Gasteiger partial charge in [-0.2, -0.15) is 5.26 Å². The maximum atomic E-state index is 13.0. The van der Waals surface area contributed by atoms with Gasteiger partial charge in [0.1, 0.15) is 11.6 Å². The molecule has 1 spiro atoms. The van der Waals surface area contributed by atoms with Gasteiger partial charge >= 0.3 is 0 Å². The van der Waals surface area contributed by atoms with Gasteiger partial charge in [0.25, 0.3) is 11.5 Å². The maximum absolute atomic E-state index is 13.0. The molecule has 0 aliphatic carbocycles. The molecular formula is C19H24N4O4. The topological polar surface area (TPSA) is 106 Å². The highest BCUT2D eigenvalue weighted by Crippen LogP contribution is 2.40. The number of likely N-dealkylation sites (tertiary alicyclic amines) is 2. The first-order valence-electron chi connectivity index (χ1n) is 9.13. The lowest BCUT2D eigenvalue weighted by atomic mass is 9.78. The number of pyridine rings is 1. The number of nitrogens with zero attached hydrogens (tertiary/aromatic N) is 3. The highest BCUT2D eigenvalue weighted by atomic mass is 16.5. The third kappa shape index (κ3) is 3.47. The summed E-state index contributed by atoms with van der Waals surface area (Å²) in [6, 6.07) is 3.15. The number of nitrogens with one attached hydrogen (secondary N) is 1. The number of aromatic amines is 1. The van der Waals surface area contributed by atoms with Crippen LogP contribution in [0.1, 0.15) is 40.9 Å². The highest BCUT2D eigenvalue weighted by molar-refractivity contribution is 5.96. The quantitative estimate of drug-likeness (QED) is 0.835. The molecule has 1 atom stereocenters. The summed E-state index contributed by atoms with van der Waals surface area (Å²) in [6.07, 6.45) is 2.31. The summed E-state index contributed by atoms with van der Waals surface area (Å²) in [5.41, 5.74) is -0.377. The second kappa shape index (κ2) is 7.53. The average Bonchev–Trinajstić information content (AvgIpc) is 3.08. The van der Waals surface area contributed by atoms with E-state index in [0.717, 1.165) is 19.4 Å². The van der Waals surface area contributed by atoms with Gasteiger partial charge in [-0.15, -0.1) is 0 Å². The van der Waals surface area contributed by atoms with Crippen LogP contribution in [0.15, 0.2) is 10.9 Å². The average molecular weight is 372 g/mol. The van der Waals surface area contributed by atoms with Crippen molar-refractivity contribution in [2.24, 2.45) is 5.41 Å². The van der Waals surface area contributed by atoms with Crippen molar-refractivity contribution >= 4 is 11.8 Å². The molecule has 8 heteroatoms. The van der Waals surface area contributed by atoms with Crippen LogP contribution in [0.25, 0.3) is 0 Å². The maximum Gasteiger partial charge on any atom is 0.266 e. The molecule has 144 valence electrons.